The third kappa shape index (κ3) is 8.54. The number of nitrogens with one attached hydrogen (secondary N) is 2. The van der Waals surface area contributed by atoms with E-state index < -0.39 is 0 Å². The summed E-state index contributed by atoms with van der Waals surface area (Å²) in [6.45, 7) is 4.01. The first kappa shape index (κ1) is 20.7. The van der Waals surface area contributed by atoms with Gasteiger partial charge in [-0.3, -0.25) is 9.59 Å². The van der Waals surface area contributed by atoms with Gasteiger partial charge in [-0.1, -0.05) is 60.7 Å². The van der Waals surface area contributed by atoms with Crippen LogP contribution in [0.25, 0.3) is 0 Å². The second kappa shape index (κ2) is 11.2. The zero-order valence-corrected chi connectivity index (χ0v) is 16.3. The standard InChI is InChI=1S/C23H30N2O2/c1-18(16-20-10-5-3-6-11-20)24-22(26)14-9-15-23(27)25-19(2)17-21-12-7-4-8-13-21/h3-8,10-13,18-19H,9,14-17H2,1-2H3,(H,24,26)(H,25,27). The molecule has 0 aliphatic carbocycles. The Bertz CT molecular complexity index is 639. The summed E-state index contributed by atoms with van der Waals surface area (Å²) >= 11 is 0. The first-order chi connectivity index (χ1) is 13.0. The van der Waals surface area contributed by atoms with E-state index in [9.17, 15) is 9.59 Å². The molecule has 0 spiro atoms. The smallest absolute Gasteiger partial charge is 0.220 e. The van der Waals surface area contributed by atoms with Crippen LogP contribution in [0.5, 0.6) is 0 Å². The van der Waals surface area contributed by atoms with Gasteiger partial charge < -0.3 is 10.6 Å². The van der Waals surface area contributed by atoms with Crippen molar-refractivity contribution in [1.82, 2.24) is 10.6 Å². The molecular formula is C23H30N2O2. The third-order valence-electron chi connectivity index (χ3n) is 4.39. The Morgan fingerprint density at radius 2 is 1.07 bits per heavy atom. The number of carbonyl (C=O) groups is 2. The van der Waals surface area contributed by atoms with Crippen molar-refractivity contribution in [3.8, 4) is 0 Å². The summed E-state index contributed by atoms with van der Waals surface area (Å²) in [4.78, 5) is 24.1. The molecule has 2 aromatic rings. The zero-order chi connectivity index (χ0) is 19.5. The molecule has 2 aromatic carbocycles. The summed E-state index contributed by atoms with van der Waals surface area (Å²) in [7, 11) is 0. The average molecular weight is 367 g/mol. The van der Waals surface area contributed by atoms with Crippen LogP contribution in [0.1, 0.15) is 44.2 Å². The van der Waals surface area contributed by atoms with Crippen molar-refractivity contribution in [2.45, 2.75) is 58.0 Å². The number of hydrogen-bond acceptors (Lipinski definition) is 2. The minimum atomic E-state index is 0.00330. The van der Waals surface area contributed by atoms with Crippen molar-refractivity contribution in [2.24, 2.45) is 0 Å². The molecule has 144 valence electrons. The highest BCUT2D eigenvalue weighted by Gasteiger charge is 2.11. The molecule has 2 N–H and O–H groups in total. The SMILES string of the molecule is CC(Cc1ccccc1)NC(=O)CCCC(=O)NC(C)Cc1ccccc1. The summed E-state index contributed by atoms with van der Waals surface area (Å²) in [5, 5.41) is 6.01. The van der Waals surface area contributed by atoms with E-state index in [4.69, 9.17) is 0 Å². The van der Waals surface area contributed by atoms with Gasteiger partial charge in [-0.05, 0) is 44.2 Å². The van der Waals surface area contributed by atoms with Crippen LogP contribution in [-0.2, 0) is 22.4 Å². The molecule has 0 aliphatic rings. The van der Waals surface area contributed by atoms with Gasteiger partial charge in [0.1, 0.15) is 0 Å². The van der Waals surface area contributed by atoms with Crippen LogP contribution in [0.4, 0.5) is 0 Å². The molecule has 2 rings (SSSR count). The van der Waals surface area contributed by atoms with E-state index in [0.29, 0.717) is 19.3 Å². The molecule has 0 saturated heterocycles. The Balaban J connectivity index is 1.60. The van der Waals surface area contributed by atoms with E-state index in [1.54, 1.807) is 0 Å². The third-order valence-corrected chi connectivity index (χ3v) is 4.39. The van der Waals surface area contributed by atoms with Crippen LogP contribution in [0.15, 0.2) is 60.7 Å². The summed E-state index contributed by atoms with van der Waals surface area (Å²) in [5.74, 6) is 0.00660. The molecule has 4 nitrogen and oxygen atoms in total. The number of carbonyl (C=O) groups excluding carboxylic acids is 2. The lowest BCUT2D eigenvalue weighted by atomic mass is 10.1. The highest BCUT2D eigenvalue weighted by Crippen LogP contribution is 2.05. The van der Waals surface area contributed by atoms with Gasteiger partial charge in [0.05, 0.1) is 0 Å². The normalized spacial score (nSPS) is 12.8. The molecule has 0 aliphatic heterocycles. The topological polar surface area (TPSA) is 58.2 Å². The Morgan fingerprint density at radius 1 is 0.704 bits per heavy atom. The fourth-order valence-electron chi connectivity index (χ4n) is 3.14. The number of rotatable bonds is 10. The zero-order valence-electron chi connectivity index (χ0n) is 16.3. The van der Waals surface area contributed by atoms with E-state index in [0.717, 1.165) is 12.8 Å². The number of amides is 2. The predicted molar refractivity (Wildman–Crippen MR) is 109 cm³/mol. The van der Waals surface area contributed by atoms with Gasteiger partial charge in [-0.25, -0.2) is 0 Å². The lowest BCUT2D eigenvalue weighted by Gasteiger charge is -2.15. The average Bonchev–Trinajstić information content (AvgIpc) is 2.63. The first-order valence-corrected chi connectivity index (χ1v) is 9.69. The fraction of sp³-hybridized carbons (Fsp3) is 0.391. The van der Waals surface area contributed by atoms with Crippen molar-refractivity contribution in [3.05, 3.63) is 71.8 Å². The Labute approximate surface area is 162 Å². The molecule has 2 amide bonds. The van der Waals surface area contributed by atoms with E-state index in [-0.39, 0.29) is 23.9 Å². The molecule has 0 bridgehead atoms. The predicted octanol–water partition coefficient (Wildman–Crippen LogP) is 3.65. The molecule has 2 atom stereocenters. The highest BCUT2D eigenvalue weighted by atomic mass is 16.2. The Morgan fingerprint density at radius 3 is 1.44 bits per heavy atom. The molecule has 0 heterocycles. The molecule has 0 aromatic heterocycles. The van der Waals surface area contributed by atoms with E-state index in [1.165, 1.54) is 11.1 Å². The lowest BCUT2D eigenvalue weighted by Crippen LogP contribution is -2.35. The van der Waals surface area contributed by atoms with Crippen molar-refractivity contribution in [2.75, 3.05) is 0 Å². The Kier molecular flexibility index (Phi) is 8.56. The van der Waals surface area contributed by atoms with Crippen LogP contribution in [0, 0.1) is 0 Å². The van der Waals surface area contributed by atoms with Crippen LogP contribution in [-0.4, -0.2) is 23.9 Å². The van der Waals surface area contributed by atoms with Gasteiger partial charge in [0, 0.05) is 24.9 Å². The van der Waals surface area contributed by atoms with E-state index >= 15 is 0 Å². The second-order valence-corrected chi connectivity index (χ2v) is 7.17. The molecule has 0 fully saturated rings. The van der Waals surface area contributed by atoms with Crippen LogP contribution in [0.3, 0.4) is 0 Å². The molecule has 0 radical (unpaired) electrons. The maximum atomic E-state index is 12.0. The van der Waals surface area contributed by atoms with Gasteiger partial charge in [0.2, 0.25) is 11.8 Å². The summed E-state index contributed by atoms with van der Waals surface area (Å²) in [6.07, 6.45) is 2.93. The molecule has 27 heavy (non-hydrogen) atoms. The van der Waals surface area contributed by atoms with Crippen LogP contribution in [0.2, 0.25) is 0 Å². The van der Waals surface area contributed by atoms with Gasteiger partial charge in [-0.15, -0.1) is 0 Å². The minimum Gasteiger partial charge on any atom is -0.353 e. The van der Waals surface area contributed by atoms with Crippen molar-refractivity contribution in [3.63, 3.8) is 0 Å². The number of benzene rings is 2. The highest BCUT2D eigenvalue weighted by molar-refractivity contribution is 5.79. The Hall–Kier alpha value is -2.62. The van der Waals surface area contributed by atoms with Gasteiger partial charge in [0.15, 0.2) is 0 Å². The van der Waals surface area contributed by atoms with Crippen molar-refractivity contribution >= 4 is 11.8 Å². The second-order valence-electron chi connectivity index (χ2n) is 7.17. The van der Waals surface area contributed by atoms with Gasteiger partial charge in [0.25, 0.3) is 0 Å². The summed E-state index contributed by atoms with van der Waals surface area (Å²) in [6, 6.07) is 20.4. The van der Waals surface area contributed by atoms with Gasteiger partial charge in [-0.2, -0.15) is 0 Å². The number of hydrogen-bond donors (Lipinski definition) is 2. The molecule has 2 unspecified atom stereocenters. The lowest BCUT2D eigenvalue weighted by molar-refractivity contribution is -0.123. The minimum absolute atomic E-state index is 0.00330. The van der Waals surface area contributed by atoms with Crippen molar-refractivity contribution in [1.29, 1.82) is 0 Å². The molecular weight excluding hydrogens is 336 g/mol. The summed E-state index contributed by atoms with van der Waals surface area (Å²) < 4.78 is 0. The first-order valence-electron chi connectivity index (χ1n) is 9.69. The maximum absolute atomic E-state index is 12.0. The van der Waals surface area contributed by atoms with E-state index in [1.807, 2.05) is 50.2 Å². The van der Waals surface area contributed by atoms with Gasteiger partial charge >= 0.3 is 0 Å². The van der Waals surface area contributed by atoms with Crippen LogP contribution >= 0.6 is 0 Å². The maximum Gasteiger partial charge on any atom is 0.220 e. The van der Waals surface area contributed by atoms with E-state index in [2.05, 4.69) is 34.9 Å². The molecule has 0 saturated carbocycles. The fourth-order valence-corrected chi connectivity index (χ4v) is 3.14. The van der Waals surface area contributed by atoms with Crippen molar-refractivity contribution < 1.29 is 9.59 Å². The van der Waals surface area contributed by atoms with Crippen LogP contribution < -0.4 is 10.6 Å². The quantitative estimate of drug-likeness (QED) is 0.674. The molecule has 4 heteroatoms. The largest absolute Gasteiger partial charge is 0.353 e. The summed E-state index contributed by atoms with van der Waals surface area (Å²) in [5.41, 5.74) is 2.41. The monoisotopic (exact) mass is 366 g/mol.